The van der Waals surface area contributed by atoms with E-state index in [1.54, 1.807) is 0 Å². The van der Waals surface area contributed by atoms with Gasteiger partial charge in [-0.3, -0.25) is 0 Å². The van der Waals surface area contributed by atoms with Gasteiger partial charge in [0.05, 0.1) is 6.10 Å². The Morgan fingerprint density at radius 3 is 2.86 bits per heavy atom. The van der Waals surface area contributed by atoms with Crippen LogP contribution in [-0.4, -0.2) is 17.2 Å². The third-order valence-corrected chi connectivity index (χ3v) is 1.80. The summed E-state index contributed by atoms with van der Waals surface area (Å²) in [5, 5.41) is 8.59. The fraction of sp³-hybridized carbons (Fsp3) is 0.500. The van der Waals surface area contributed by atoms with E-state index in [-0.39, 0.29) is 17.8 Å². The third-order valence-electron chi connectivity index (χ3n) is 1.80. The van der Waals surface area contributed by atoms with E-state index in [2.05, 4.69) is 6.92 Å². The van der Waals surface area contributed by atoms with Crippen LogP contribution in [0.25, 0.3) is 0 Å². The van der Waals surface area contributed by atoms with E-state index in [1.165, 1.54) is 12.1 Å². The number of furan rings is 1. The lowest BCUT2D eigenvalue weighted by Gasteiger charge is -2.09. The minimum Gasteiger partial charge on any atom is -0.475 e. The van der Waals surface area contributed by atoms with E-state index in [0.717, 1.165) is 12.8 Å². The Morgan fingerprint density at radius 1 is 1.64 bits per heavy atom. The number of rotatable bonds is 5. The number of carboxylic acids is 1. The molecule has 0 fully saturated rings. The van der Waals surface area contributed by atoms with Crippen molar-refractivity contribution >= 4 is 5.97 Å². The fourth-order valence-electron chi connectivity index (χ4n) is 1.16. The van der Waals surface area contributed by atoms with Crippen LogP contribution in [0.15, 0.2) is 16.5 Å². The molecule has 0 radical (unpaired) electrons. The summed E-state index contributed by atoms with van der Waals surface area (Å²) in [5.74, 6) is -0.907. The van der Waals surface area contributed by atoms with Crippen LogP contribution in [0.4, 0.5) is 0 Å². The van der Waals surface area contributed by atoms with Gasteiger partial charge >= 0.3 is 5.97 Å². The maximum atomic E-state index is 10.5. The molecule has 0 spiro atoms. The van der Waals surface area contributed by atoms with Gasteiger partial charge in [-0.25, -0.2) is 4.79 Å². The molecule has 1 heterocycles. The van der Waals surface area contributed by atoms with Crippen LogP contribution in [0.2, 0.25) is 0 Å². The maximum absolute atomic E-state index is 10.5. The summed E-state index contributed by atoms with van der Waals surface area (Å²) in [4.78, 5) is 10.5. The van der Waals surface area contributed by atoms with Gasteiger partial charge in [0, 0.05) is 6.07 Å². The van der Waals surface area contributed by atoms with Gasteiger partial charge in [0.1, 0.15) is 0 Å². The van der Waals surface area contributed by atoms with Crippen LogP contribution in [0.3, 0.4) is 0 Å². The van der Waals surface area contributed by atoms with Crippen LogP contribution in [0.1, 0.15) is 37.2 Å². The highest BCUT2D eigenvalue weighted by atomic mass is 16.6. The molecule has 1 N–H and O–H groups in total. The first-order valence-corrected chi connectivity index (χ1v) is 4.63. The second kappa shape index (κ2) is 4.69. The lowest BCUT2D eigenvalue weighted by Crippen LogP contribution is -2.10. The van der Waals surface area contributed by atoms with Crippen molar-refractivity contribution in [3.8, 4) is 5.95 Å². The van der Waals surface area contributed by atoms with E-state index in [0.29, 0.717) is 0 Å². The Balaban J connectivity index is 2.55. The lowest BCUT2D eigenvalue weighted by molar-refractivity contribution is 0.0646. The summed E-state index contributed by atoms with van der Waals surface area (Å²) in [5.41, 5.74) is 0. The van der Waals surface area contributed by atoms with Crippen molar-refractivity contribution in [2.45, 2.75) is 32.8 Å². The molecular formula is C10H14O4. The SMILES string of the molecule is CCCC(C)Oc1ccc(C(=O)O)o1. The zero-order chi connectivity index (χ0) is 10.6. The predicted molar refractivity (Wildman–Crippen MR) is 50.7 cm³/mol. The maximum Gasteiger partial charge on any atom is 0.371 e. The van der Waals surface area contributed by atoms with Gasteiger partial charge in [-0.05, 0) is 19.4 Å². The number of carbonyl (C=O) groups is 1. The Hall–Kier alpha value is -1.45. The number of carboxylic acid groups (broad SMARTS) is 1. The van der Waals surface area contributed by atoms with Crippen LogP contribution in [0, 0.1) is 0 Å². The lowest BCUT2D eigenvalue weighted by atomic mass is 10.2. The first-order chi connectivity index (χ1) is 6.63. The van der Waals surface area contributed by atoms with Crippen molar-refractivity contribution in [1.82, 2.24) is 0 Å². The molecule has 1 atom stereocenters. The third kappa shape index (κ3) is 2.80. The second-order valence-corrected chi connectivity index (χ2v) is 3.14. The molecule has 14 heavy (non-hydrogen) atoms. The van der Waals surface area contributed by atoms with Gasteiger partial charge in [0.25, 0.3) is 5.95 Å². The number of aromatic carboxylic acids is 1. The fourth-order valence-corrected chi connectivity index (χ4v) is 1.16. The Kier molecular flexibility index (Phi) is 3.56. The summed E-state index contributed by atoms with van der Waals surface area (Å²) in [6.07, 6.45) is 1.99. The van der Waals surface area contributed by atoms with Gasteiger partial charge in [-0.2, -0.15) is 0 Å². The topological polar surface area (TPSA) is 59.7 Å². The molecule has 0 aromatic carbocycles. The number of hydrogen-bond acceptors (Lipinski definition) is 3. The molecule has 0 aliphatic rings. The molecule has 0 saturated heterocycles. The Labute approximate surface area is 82.5 Å². The second-order valence-electron chi connectivity index (χ2n) is 3.14. The highest BCUT2D eigenvalue weighted by Gasteiger charge is 2.11. The molecule has 1 unspecified atom stereocenters. The van der Waals surface area contributed by atoms with Crippen LogP contribution >= 0.6 is 0 Å². The van der Waals surface area contributed by atoms with Gasteiger partial charge in [0.15, 0.2) is 0 Å². The van der Waals surface area contributed by atoms with E-state index < -0.39 is 5.97 Å². The summed E-state index contributed by atoms with van der Waals surface area (Å²) in [6, 6.07) is 2.91. The first-order valence-electron chi connectivity index (χ1n) is 4.63. The van der Waals surface area contributed by atoms with Crippen molar-refractivity contribution in [3.05, 3.63) is 17.9 Å². The van der Waals surface area contributed by atoms with Crippen molar-refractivity contribution in [2.75, 3.05) is 0 Å². The van der Waals surface area contributed by atoms with Crippen LogP contribution in [0.5, 0.6) is 5.95 Å². The summed E-state index contributed by atoms with van der Waals surface area (Å²) in [7, 11) is 0. The molecule has 1 aromatic heterocycles. The zero-order valence-electron chi connectivity index (χ0n) is 8.32. The smallest absolute Gasteiger partial charge is 0.371 e. The summed E-state index contributed by atoms with van der Waals surface area (Å²) < 4.78 is 10.3. The van der Waals surface area contributed by atoms with E-state index in [4.69, 9.17) is 14.3 Å². The van der Waals surface area contributed by atoms with Crippen LogP contribution < -0.4 is 4.74 Å². The molecule has 1 aromatic rings. The summed E-state index contributed by atoms with van der Waals surface area (Å²) in [6.45, 7) is 3.98. The quantitative estimate of drug-likeness (QED) is 0.789. The van der Waals surface area contributed by atoms with E-state index in [9.17, 15) is 4.79 Å². The van der Waals surface area contributed by atoms with Crippen LogP contribution in [-0.2, 0) is 0 Å². The molecule has 1 rings (SSSR count). The monoisotopic (exact) mass is 198 g/mol. The van der Waals surface area contributed by atoms with Gasteiger partial charge in [-0.15, -0.1) is 0 Å². The van der Waals surface area contributed by atoms with Crippen molar-refractivity contribution < 1.29 is 19.1 Å². The highest BCUT2D eigenvalue weighted by molar-refractivity contribution is 5.84. The van der Waals surface area contributed by atoms with E-state index in [1.807, 2.05) is 6.92 Å². The molecular weight excluding hydrogens is 184 g/mol. The largest absolute Gasteiger partial charge is 0.475 e. The molecule has 0 bridgehead atoms. The van der Waals surface area contributed by atoms with Gasteiger partial charge in [-0.1, -0.05) is 13.3 Å². The molecule has 78 valence electrons. The molecule has 0 aliphatic carbocycles. The Bertz CT molecular complexity index is 303. The number of ether oxygens (including phenoxy) is 1. The molecule has 4 nitrogen and oxygen atoms in total. The first kappa shape index (κ1) is 10.6. The van der Waals surface area contributed by atoms with Crippen molar-refractivity contribution in [3.63, 3.8) is 0 Å². The number of hydrogen-bond donors (Lipinski definition) is 1. The van der Waals surface area contributed by atoms with Crippen molar-refractivity contribution in [1.29, 1.82) is 0 Å². The minimum atomic E-state index is -1.08. The standard InChI is InChI=1S/C10H14O4/c1-3-4-7(2)13-9-6-5-8(14-9)10(11)12/h5-7H,3-4H2,1-2H3,(H,11,12). The molecule has 0 amide bonds. The minimum absolute atomic E-state index is 0.0489. The highest BCUT2D eigenvalue weighted by Crippen LogP contribution is 2.18. The molecule has 4 heteroatoms. The average molecular weight is 198 g/mol. The zero-order valence-corrected chi connectivity index (χ0v) is 8.32. The normalized spacial score (nSPS) is 12.4. The van der Waals surface area contributed by atoms with Gasteiger partial charge < -0.3 is 14.3 Å². The summed E-state index contributed by atoms with van der Waals surface area (Å²) >= 11 is 0. The average Bonchev–Trinajstić information content (AvgIpc) is 2.53. The predicted octanol–water partition coefficient (Wildman–Crippen LogP) is 2.55. The molecule has 0 saturated carbocycles. The van der Waals surface area contributed by atoms with Crippen molar-refractivity contribution in [2.24, 2.45) is 0 Å². The van der Waals surface area contributed by atoms with Gasteiger partial charge in [0.2, 0.25) is 5.76 Å². The Morgan fingerprint density at radius 2 is 2.36 bits per heavy atom. The molecule has 0 aliphatic heterocycles. The van der Waals surface area contributed by atoms with E-state index >= 15 is 0 Å².